The van der Waals surface area contributed by atoms with Gasteiger partial charge >= 0.3 is 0 Å². The van der Waals surface area contributed by atoms with Crippen LogP contribution in [0.25, 0.3) is 0 Å². The Labute approximate surface area is 144 Å². The molecule has 1 aromatic heterocycles. The number of benzene rings is 1. The molecule has 2 aromatic rings. The zero-order valence-corrected chi connectivity index (χ0v) is 14.6. The second-order valence-electron chi connectivity index (χ2n) is 5.54. The molecule has 0 bridgehead atoms. The van der Waals surface area contributed by atoms with Crippen LogP contribution in [0.4, 0.5) is 0 Å². The third-order valence-electron chi connectivity index (χ3n) is 3.58. The summed E-state index contributed by atoms with van der Waals surface area (Å²) in [5, 5.41) is 7.04. The summed E-state index contributed by atoms with van der Waals surface area (Å²) in [5.41, 5.74) is 2.00. The first-order valence-corrected chi connectivity index (χ1v) is 9.78. The second kappa shape index (κ2) is 7.88. The van der Waals surface area contributed by atoms with Gasteiger partial charge in [-0.05, 0) is 42.5 Å². The van der Waals surface area contributed by atoms with E-state index in [2.05, 4.69) is 27.5 Å². The zero-order chi connectivity index (χ0) is 16.1. The lowest BCUT2D eigenvalue weighted by Gasteiger charge is -2.21. The average Bonchev–Trinajstić information content (AvgIpc) is 3.08. The van der Waals surface area contributed by atoms with Crippen molar-refractivity contribution in [3.05, 3.63) is 48.0 Å². The Hall–Kier alpha value is -1.47. The largest absolute Gasteiger partial charge is 0.348 e. The third kappa shape index (κ3) is 4.51. The van der Waals surface area contributed by atoms with Crippen LogP contribution in [-0.2, 0) is 6.54 Å². The van der Waals surface area contributed by atoms with E-state index in [1.807, 2.05) is 42.6 Å². The number of rotatable bonds is 5. The predicted octanol–water partition coefficient (Wildman–Crippen LogP) is 2.97. The Kier molecular flexibility index (Phi) is 5.61. The van der Waals surface area contributed by atoms with Crippen LogP contribution in [0.5, 0.6) is 0 Å². The molecule has 1 aliphatic heterocycles. The van der Waals surface area contributed by atoms with Gasteiger partial charge in [-0.25, -0.2) is 4.98 Å². The summed E-state index contributed by atoms with van der Waals surface area (Å²) in [7, 11) is 0. The normalized spacial score (nSPS) is 16.9. The molecular weight excluding hydrogens is 328 g/mol. The lowest BCUT2D eigenvalue weighted by Crippen LogP contribution is -2.35. The number of nitrogens with one attached hydrogen (secondary N) is 1. The van der Waals surface area contributed by atoms with Gasteiger partial charge in [0.1, 0.15) is 12.7 Å². The fourth-order valence-corrected chi connectivity index (χ4v) is 5.33. The third-order valence-corrected chi connectivity index (χ3v) is 6.59. The highest BCUT2D eigenvalue weighted by Crippen LogP contribution is 2.43. The summed E-state index contributed by atoms with van der Waals surface area (Å²) in [6.07, 6.45) is 4.43. The predicted molar refractivity (Wildman–Crippen MR) is 95.7 cm³/mol. The van der Waals surface area contributed by atoms with E-state index >= 15 is 0 Å². The van der Waals surface area contributed by atoms with Gasteiger partial charge in [-0.2, -0.15) is 5.10 Å². The minimum atomic E-state index is -0.0480. The highest BCUT2D eigenvalue weighted by atomic mass is 32.2. The molecule has 7 heteroatoms. The number of thioether (sulfide) groups is 2. The van der Waals surface area contributed by atoms with E-state index in [9.17, 15) is 4.79 Å². The van der Waals surface area contributed by atoms with Crippen LogP contribution in [0, 0.1) is 0 Å². The molecule has 1 N–H and O–H groups in total. The molecule has 1 aliphatic rings. The molecule has 0 radical (unpaired) electrons. The van der Waals surface area contributed by atoms with Crippen LogP contribution in [0.1, 0.15) is 33.8 Å². The summed E-state index contributed by atoms with van der Waals surface area (Å²) in [6.45, 7) is 2.57. The number of aromatic nitrogens is 3. The quantitative estimate of drug-likeness (QED) is 0.900. The monoisotopic (exact) mass is 348 g/mol. The van der Waals surface area contributed by atoms with E-state index in [0.717, 1.165) is 0 Å². The van der Waals surface area contributed by atoms with Crippen molar-refractivity contribution in [2.24, 2.45) is 0 Å². The Morgan fingerprint density at radius 3 is 2.74 bits per heavy atom. The van der Waals surface area contributed by atoms with E-state index < -0.39 is 0 Å². The molecule has 1 amide bonds. The van der Waals surface area contributed by atoms with Crippen molar-refractivity contribution in [2.75, 3.05) is 11.5 Å². The van der Waals surface area contributed by atoms with Crippen molar-refractivity contribution >= 4 is 29.4 Å². The topological polar surface area (TPSA) is 59.8 Å². The van der Waals surface area contributed by atoms with Gasteiger partial charge in [-0.1, -0.05) is 12.1 Å². The fourth-order valence-electron chi connectivity index (χ4n) is 2.43. The first-order chi connectivity index (χ1) is 11.2. The lowest BCUT2D eigenvalue weighted by atomic mass is 10.1. The van der Waals surface area contributed by atoms with Crippen molar-refractivity contribution in [1.29, 1.82) is 0 Å². The van der Waals surface area contributed by atoms with Gasteiger partial charge < -0.3 is 5.32 Å². The molecule has 122 valence electrons. The lowest BCUT2D eigenvalue weighted by molar-refractivity contribution is 0.0936. The van der Waals surface area contributed by atoms with Crippen LogP contribution in [0.3, 0.4) is 0 Å². The van der Waals surface area contributed by atoms with Crippen LogP contribution in [-0.4, -0.2) is 38.2 Å². The first kappa shape index (κ1) is 16.4. The van der Waals surface area contributed by atoms with Crippen molar-refractivity contribution in [3.8, 4) is 0 Å². The summed E-state index contributed by atoms with van der Waals surface area (Å²) in [4.78, 5) is 16.2. The molecule has 0 saturated carbocycles. The van der Waals surface area contributed by atoms with Crippen molar-refractivity contribution in [2.45, 2.75) is 30.5 Å². The fraction of sp³-hybridized carbons (Fsp3) is 0.438. The van der Waals surface area contributed by atoms with E-state index in [1.54, 1.807) is 11.0 Å². The van der Waals surface area contributed by atoms with Crippen LogP contribution < -0.4 is 5.32 Å². The second-order valence-corrected chi connectivity index (χ2v) is 8.27. The van der Waals surface area contributed by atoms with E-state index in [1.165, 1.54) is 29.8 Å². The molecule has 0 aliphatic carbocycles. The number of nitrogens with zero attached hydrogens (tertiary/aromatic N) is 3. The van der Waals surface area contributed by atoms with Gasteiger partial charge in [-0.15, -0.1) is 23.5 Å². The Morgan fingerprint density at radius 1 is 1.35 bits per heavy atom. The van der Waals surface area contributed by atoms with Crippen molar-refractivity contribution < 1.29 is 4.79 Å². The summed E-state index contributed by atoms with van der Waals surface area (Å²) in [5.74, 6) is 2.40. The zero-order valence-electron chi connectivity index (χ0n) is 13.0. The maximum atomic E-state index is 12.3. The molecule has 2 heterocycles. The summed E-state index contributed by atoms with van der Waals surface area (Å²) in [6, 6.07) is 7.99. The smallest absolute Gasteiger partial charge is 0.251 e. The molecule has 5 nitrogen and oxygen atoms in total. The molecule has 1 unspecified atom stereocenters. The van der Waals surface area contributed by atoms with Gasteiger partial charge in [-0.3, -0.25) is 9.48 Å². The first-order valence-electron chi connectivity index (χ1n) is 7.69. The molecular formula is C16H20N4OS2. The van der Waals surface area contributed by atoms with Crippen LogP contribution in [0.15, 0.2) is 36.9 Å². The van der Waals surface area contributed by atoms with E-state index in [-0.39, 0.29) is 11.9 Å². The van der Waals surface area contributed by atoms with E-state index in [0.29, 0.717) is 16.7 Å². The molecule has 1 fully saturated rings. The highest BCUT2D eigenvalue weighted by molar-refractivity contribution is 8.16. The van der Waals surface area contributed by atoms with Gasteiger partial charge in [0.2, 0.25) is 0 Å². The number of carbonyl (C=O) groups is 1. The maximum Gasteiger partial charge on any atom is 0.251 e. The van der Waals surface area contributed by atoms with Crippen LogP contribution in [0.2, 0.25) is 0 Å². The molecule has 23 heavy (non-hydrogen) atoms. The SMILES string of the molecule is CC(Cn1cncn1)NC(=O)c1ccc(C2SCCCS2)cc1. The Balaban J connectivity index is 1.56. The Morgan fingerprint density at radius 2 is 2.09 bits per heavy atom. The average molecular weight is 348 g/mol. The molecule has 1 atom stereocenters. The number of hydrogen-bond acceptors (Lipinski definition) is 5. The number of carbonyl (C=O) groups excluding carboxylic acids is 1. The molecule has 1 aromatic carbocycles. The van der Waals surface area contributed by atoms with Gasteiger partial charge in [0.05, 0.1) is 11.1 Å². The number of amides is 1. The molecule has 1 saturated heterocycles. The van der Waals surface area contributed by atoms with Crippen molar-refractivity contribution in [3.63, 3.8) is 0 Å². The minimum Gasteiger partial charge on any atom is -0.348 e. The van der Waals surface area contributed by atoms with Gasteiger partial charge in [0, 0.05) is 11.6 Å². The Bertz CT molecular complexity index is 624. The maximum absolute atomic E-state index is 12.3. The highest BCUT2D eigenvalue weighted by Gasteiger charge is 2.17. The summed E-state index contributed by atoms with van der Waals surface area (Å²) >= 11 is 3.98. The standard InChI is InChI=1S/C16H20N4OS2/c1-12(9-20-11-17-10-18-20)19-15(21)13-3-5-14(6-4-13)16-22-7-2-8-23-16/h3-6,10-12,16H,2,7-9H2,1H3,(H,19,21). The minimum absolute atomic E-state index is 0.00617. The van der Waals surface area contributed by atoms with Gasteiger partial charge in [0.15, 0.2) is 0 Å². The number of hydrogen-bond donors (Lipinski definition) is 1. The molecule has 0 spiro atoms. The van der Waals surface area contributed by atoms with Crippen LogP contribution >= 0.6 is 23.5 Å². The van der Waals surface area contributed by atoms with E-state index in [4.69, 9.17) is 0 Å². The molecule has 3 rings (SSSR count). The summed E-state index contributed by atoms with van der Waals surface area (Å²) < 4.78 is 2.22. The van der Waals surface area contributed by atoms with Gasteiger partial charge in [0.25, 0.3) is 5.91 Å². The van der Waals surface area contributed by atoms with Crippen molar-refractivity contribution in [1.82, 2.24) is 20.1 Å².